The molecular weight excluding hydrogens is 478 g/mol. The van der Waals surface area contributed by atoms with Crippen molar-refractivity contribution in [3.8, 4) is 5.75 Å². The van der Waals surface area contributed by atoms with Gasteiger partial charge in [0.2, 0.25) is 0 Å². The molecule has 0 bridgehead atoms. The van der Waals surface area contributed by atoms with Crippen molar-refractivity contribution in [1.29, 1.82) is 0 Å². The summed E-state index contributed by atoms with van der Waals surface area (Å²) in [6, 6.07) is 21.5. The third kappa shape index (κ3) is 5.76. The van der Waals surface area contributed by atoms with E-state index in [1.165, 1.54) is 10.2 Å². The number of benzene rings is 3. The van der Waals surface area contributed by atoms with Crippen molar-refractivity contribution < 1.29 is 4.74 Å². The molecule has 0 amide bonds. The van der Waals surface area contributed by atoms with Gasteiger partial charge in [-0.05, 0) is 54.8 Å². The smallest absolute Gasteiger partial charge is 0.282 e. The number of fused-ring (bicyclic) bond motifs is 1. The molecule has 0 unspecified atom stereocenters. The molecule has 0 radical (unpaired) electrons. The summed E-state index contributed by atoms with van der Waals surface area (Å²) in [5.74, 6) is 1.42. The number of ether oxygens (including phenoxy) is 1. The van der Waals surface area contributed by atoms with Gasteiger partial charge in [-0.25, -0.2) is 4.98 Å². The highest BCUT2D eigenvalue weighted by molar-refractivity contribution is 9.10. The van der Waals surface area contributed by atoms with Crippen LogP contribution >= 0.6 is 15.9 Å². The van der Waals surface area contributed by atoms with E-state index in [0.717, 1.165) is 34.2 Å². The van der Waals surface area contributed by atoms with Crippen LogP contribution in [0.1, 0.15) is 42.3 Å². The van der Waals surface area contributed by atoms with Crippen molar-refractivity contribution in [2.24, 2.45) is 5.10 Å². The second kappa shape index (κ2) is 10.6. The molecule has 6 heteroatoms. The molecular formula is C27H26BrN3O2. The van der Waals surface area contributed by atoms with E-state index in [0.29, 0.717) is 29.8 Å². The van der Waals surface area contributed by atoms with Crippen LogP contribution in [0.5, 0.6) is 5.75 Å². The normalized spacial score (nSPS) is 11.4. The summed E-state index contributed by atoms with van der Waals surface area (Å²) in [7, 11) is 0. The van der Waals surface area contributed by atoms with Crippen molar-refractivity contribution in [3.63, 3.8) is 0 Å². The standard InChI is InChI=1S/C27H26BrN3O2/c1-3-4-11-26-30-25-13-12-22(28)16-24(25)27(32)31(26)29-17-20-8-6-10-23(15-20)33-18-21-9-5-7-19(2)14-21/h5-10,12-17H,3-4,11,18H2,1-2H3. The van der Waals surface area contributed by atoms with E-state index < -0.39 is 0 Å². The number of aryl methyl sites for hydroxylation is 2. The number of unbranched alkanes of at least 4 members (excludes halogenated alkanes) is 1. The Balaban J connectivity index is 1.61. The summed E-state index contributed by atoms with van der Waals surface area (Å²) in [6.45, 7) is 4.68. The molecule has 4 aromatic rings. The summed E-state index contributed by atoms with van der Waals surface area (Å²) in [5, 5.41) is 5.06. The first-order chi connectivity index (χ1) is 16.0. The van der Waals surface area contributed by atoms with Gasteiger partial charge in [-0.2, -0.15) is 9.78 Å². The molecule has 0 spiro atoms. The van der Waals surface area contributed by atoms with Crippen LogP contribution in [0.25, 0.3) is 10.9 Å². The van der Waals surface area contributed by atoms with Gasteiger partial charge in [0.1, 0.15) is 18.2 Å². The molecule has 0 saturated heterocycles. The second-order valence-electron chi connectivity index (χ2n) is 8.00. The third-order valence-corrected chi connectivity index (χ3v) is 5.79. The number of nitrogens with zero attached hydrogens (tertiary/aromatic N) is 3. The first kappa shape index (κ1) is 22.9. The van der Waals surface area contributed by atoms with Gasteiger partial charge < -0.3 is 4.74 Å². The maximum atomic E-state index is 13.2. The topological polar surface area (TPSA) is 56.5 Å². The Morgan fingerprint density at radius 1 is 1.09 bits per heavy atom. The molecule has 0 aliphatic heterocycles. The summed E-state index contributed by atoms with van der Waals surface area (Å²) < 4.78 is 8.22. The zero-order valence-corrected chi connectivity index (χ0v) is 20.4. The van der Waals surface area contributed by atoms with Gasteiger partial charge in [-0.15, -0.1) is 0 Å². The molecule has 3 aromatic carbocycles. The van der Waals surface area contributed by atoms with E-state index >= 15 is 0 Å². The van der Waals surface area contributed by atoms with E-state index in [1.807, 2.05) is 48.5 Å². The first-order valence-electron chi connectivity index (χ1n) is 11.1. The fourth-order valence-electron chi connectivity index (χ4n) is 3.59. The predicted molar refractivity (Wildman–Crippen MR) is 137 cm³/mol. The Hall–Kier alpha value is -3.25. The van der Waals surface area contributed by atoms with Crippen LogP contribution in [0.3, 0.4) is 0 Å². The molecule has 1 aromatic heterocycles. The van der Waals surface area contributed by atoms with Crippen molar-refractivity contribution in [2.75, 3.05) is 0 Å². The van der Waals surface area contributed by atoms with Crippen LogP contribution in [0, 0.1) is 6.92 Å². The average Bonchev–Trinajstić information content (AvgIpc) is 2.82. The number of hydrogen-bond acceptors (Lipinski definition) is 4. The fraction of sp³-hybridized carbons (Fsp3) is 0.222. The molecule has 5 nitrogen and oxygen atoms in total. The lowest BCUT2D eigenvalue weighted by atomic mass is 10.1. The monoisotopic (exact) mass is 503 g/mol. The van der Waals surface area contributed by atoms with Gasteiger partial charge in [0.15, 0.2) is 0 Å². The Morgan fingerprint density at radius 2 is 1.94 bits per heavy atom. The zero-order valence-electron chi connectivity index (χ0n) is 18.8. The predicted octanol–water partition coefficient (Wildman–Crippen LogP) is 6.27. The lowest BCUT2D eigenvalue weighted by molar-refractivity contribution is 0.306. The zero-order chi connectivity index (χ0) is 23.2. The summed E-state index contributed by atoms with van der Waals surface area (Å²) in [5.41, 5.74) is 3.69. The van der Waals surface area contributed by atoms with E-state index in [1.54, 1.807) is 12.3 Å². The largest absolute Gasteiger partial charge is 0.489 e. The second-order valence-corrected chi connectivity index (χ2v) is 8.92. The van der Waals surface area contributed by atoms with E-state index in [-0.39, 0.29) is 5.56 Å². The van der Waals surface area contributed by atoms with Gasteiger partial charge in [0.05, 0.1) is 17.1 Å². The van der Waals surface area contributed by atoms with Crippen molar-refractivity contribution >= 4 is 33.0 Å². The molecule has 0 aliphatic rings. The van der Waals surface area contributed by atoms with Gasteiger partial charge in [0.25, 0.3) is 5.56 Å². The van der Waals surface area contributed by atoms with Crippen molar-refractivity contribution in [2.45, 2.75) is 39.7 Å². The summed E-state index contributed by atoms with van der Waals surface area (Å²) in [6.07, 6.45) is 4.32. The highest BCUT2D eigenvalue weighted by atomic mass is 79.9. The van der Waals surface area contributed by atoms with Crippen LogP contribution in [0.2, 0.25) is 0 Å². The van der Waals surface area contributed by atoms with Crippen LogP contribution in [-0.2, 0) is 13.0 Å². The number of rotatable bonds is 8. The van der Waals surface area contributed by atoms with Crippen molar-refractivity contribution in [3.05, 3.63) is 104 Å². The maximum Gasteiger partial charge on any atom is 0.282 e. The van der Waals surface area contributed by atoms with Gasteiger partial charge in [0, 0.05) is 10.9 Å². The molecule has 0 saturated carbocycles. The van der Waals surface area contributed by atoms with Gasteiger partial charge >= 0.3 is 0 Å². The Morgan fingerprint density at radius 3 is 2.76 bits per heavy atom. The van der Waals surface area contributed by atoms with Crippen LogP contribution in [0.15, 0.2) is 81.1 Å². The molecule has 1 heterocycles. The highest BCUT2D eigenvalue weighted by Crippen LogP contribution is 2.18. The number of aromatic nitrogens is 2. The van der Waals surface area contributed by atoms with E-state index in [4.69, 9.17) is 9.72 Å². The van der Waals surface area contributed by atoms with Crippen LogP contribution < -0.4 is 10.3 Å². The molecule has 33 heavy (non-hydrogen) atoms. The molecule has 0 fully saturated rings. The number of halogens is 1. The number of hydrogen-bond donors (Lipinski definition) is 0. The quantitative estimate of drug-likeness (QED) is 0.266. The van der Waals surface area contributed by atoms with Crippen LogP contribution in [-0.4, -0.2) is 15.9 Å². The molecule has 0 N–H and O–H groups in total. The summed E-state index contributed by atoms with van der Waals surface area (Å²) in [4.78, 5) is 17.9. The van der Waals surface area contributed by atoms with Gasteiger partial charge in [-0.3, -0.25) is 4.79 Å². The first-order valence-corrected chi connectivity index (χ1v) is 11.9. The minimum absolute atomic E-state index is 0.171. The molecule has 168 valence electrons. The highest BCUT2D eigenvalue weighted by Gasteiger charge is 2.11. The Labute approximate surface area is 201 Å². The summed E-state index contributed by atoms with van der Waals surface area (Å²) >= 11 is 3.44. The average molecular weight is 504 g/mol. The lowest BCUT2D eigenvalue weighted by Gasteiger charge is -2.10. The lowest BCUT2D eigenvalue weighted by Crippen LogP contribution is -2.22. The van der Waals surface area contributed by atoms with E-state index in [9.17, 15) is 4.79 Å². The Bertz CT molecular complexity index is 1360. The molecule has 0 aliphatic carbocycles. The third-order valence-electron chi connectivity index (χ3n) is 5.30. The minimum atomic E-state index is -0.171. The van der Waals surface area contributed by atoms with Crippen molar-refractivity contribution in [1.82, 2.24) is 9.66 Å². The molecule has 0 atom stereocenters. The SMILES string of the molecule is CCCCc1nc2ccc(Br)cc2c(=O)n1N=Cc1cccc(OCc2cccc(C)c2)c1. The van der Waals surface area contributed by atoms with Crippen LogP contribution in [0.4, 0.5) is 0 Å². The maximum absolute atomic E-state index is 13.2. The van der Waals surface area contributed by atoms with Gasteiger partial charge in [-0.1, -0.05) is 71.2 Å². The van der Waals surface area contributed by atoms with E-state index in [2.05, 4.69) is 47.0 Å². The minimum Gasteiger partial charge on any atom is -0.489 e. The Kier molecular flexibility index (Phi) is 7.35. The fourth-order valence-corrected chi connectivity index (χ4v) is 3.95. The molecule has 4 rings (SSSR count).